The van der Waals surface area contributed by atoms with Crippen molar-refractivity contribution in [2.24, 2.45) is 5.92 Å². The maximum atomic E-state index is 12.4. The molecule has 0 spiro atoms. The lowest BCUT2D eigenvalue weighted by atomic mass is 9.97. The molecule has 0 bridgehead atoms. The number of furan rings is 1. The molecule has 0 radical (unpaired) electrons. The number of hydrogen-bond acceptors (Lipinski definition) is 4. The van der Waals surface area contributed by atoms with Crippen LogP contribution in [0.4, 0.5) is 0 Å². The third-order valence-corrected chi connectivity index (χ3v) is 3.90. The number of carboxylic acids is 1. The number of aromatic carboxylic acids is 1. The number of carbonyl (C=O) groups excluding carboxylic acids is 2. The number of likely N-dealkylation sites (tertiary alicyclic amines) is 1. The molecule has 1 atom stereocenters. The van der Waals surface area contributed by atoms with Crippen LogP contribution in [0.25, 0.3) is 0 Å². The molecule has 1 unspecified atom stereocenters. The van der Waals surface area contributed by atoms with Crippen molar-refractivity contribution in [3.05, 3.63) is 23.7 Å². The van der Waals surface area contributed by atoms with Gasteiger partial charge in [-0.1, -0.05) is 6.92 Å². The number of nitrogens with zero attached hydrogens (tertiary/aromatic N) is 1. The van der Waals surface area contributed by atoms with Gasteiger partial charge in [-0.05, 0) is 37.3 Å². The minimum Gasteiger partial charge on any atom is -0.475 e. The summed E-state index contributed by atoms with van der Waals surface area (Å²) in [4.78, 5) is 36.4. The number of carbonyl (C=O) groups is 3. The minimum atomic E-state index is -1.20. The van der Waals surface area contributed by atoms with Crippen molar-refractivity contribution < 1.29 is 23.9 Å². The standard InChI is InChI=1S/C16H22N2O5/c1-2-4-14(19)17-9-11-5-3-8-18(10-11)15(20)12-6-7-13(23-12)16(21)22/h6-7,11H,2-5,8-10H2,1H3,(H,17,19)(H,21,22). The van der Waals surface area contributed by atoms with Gasteiger partial charge in [0.1, 0.15) is 0 Å². The van der Waals surface area contributed by atoms with Gasteiger partial charge in [-0.25, -0.2) is 4.79 Å². The number of carboxylic acid groups (broad SMARTS) is 1. The molecule has 126 valence electrons. The number of rotatable bonds is 6. The van der Waals surface area contributed by atoms with E-state index in [0.29, 0.717) is 26.1 Å². The third kappa shape index (κ3) is 4.58. The third-order valence-electron chi connectivity index (χ3n) is 3.90. The molecule has 1 aromatic heterocycles. The molecule has 23 heavy (non-hydrogen) atoms. The van der Waals surface area contributed by atoms with Gasteiger partial charge in [0.2, 0.25) is 11.7 Å². The van der Waals surface area contributed by atoms with E-state index in [1.54, 1.807) is 4.90 Å². The van der Waals surface area contributed by atoms with Crippen LogP contribution in [-0.2, 0) is 4.79 Å². The summed E-state index contributed by atoms with van der Waals surface area (Å²) in [5.74, 6) is -1.46. The summed E-state index contributed by atoms with van der Waals surface area (Å²) in [6.07, 6.45) is 3.13. The van der Waals surface area contributed by atoms with E-state index in [1.165, 1.54) is 12.1 Å². The van der Waals surface area contributed by atoms with E-state index in [1.807, 2.05) is 6.92 Å². The van der Waals surface area contributed by atoms with Gasteiger partial charge in [0.25, 0.3) is 5.91 Å². The van der Waals surface area contributed by atoms with E-state index in [9.17, 15) is 14.4 Å². The van der Waals surface area contributed by atoms with E-state index >= 15 is 0 Å². The van der Waals surface area contributed by atoms with Crippen LogP contribution in [0.15, 0.2) is 16.5 Å². The Kier molecular flexibility index (Phi) is 5.78. The second kappa shape index (κ2) is 7.80. The Balaban J connectivity index is 1.90. The van der Waals surface area contributed by atoms with Gasteiger partial charge in [-0.2, -0.15) is 0 Å². The van der Waals surface area contributed by atoms with E-state index in [4.69, 9.17) is 9.52 Å². The number of piperidine rings is 1. The van der Waals surface area contributed by atoms with Crippen molar-refractivity contribution in [1.29, 1.82) is 0 Å². The molecule has 1 aliphatic rings. The Labute approximate surface area is 134 Å². The molecule has 0 aromatic carbocycles. The van der Waals surface area contributed by atoms with Crippen LogP contribution in [0.3, 0.4) is 0 Å². The molecule has 1 aliphatic heterocycles. The maximum absolute atomic E-state index is 12.4. The maximum Gasteiger partial charge on any atom is 0.371 e. The Morgan fingerprint density at radius 3 is 2.74 bits per heavy atom. The first-order chi connectivity index (χ1) is 11.0. The van der Waals surface area contributed by atoms with E-state index < -0.39 is 5.97 Å². The molecular formula is C16H22N2O5. The Morgan fingerprint density at radius 2 is 2.09 bits per heavy atom. The summed E-state index contributed by atoms with van der Waals surface area (Å²) in [6.45, 7) is 3.66. The monoisotopic (exact) mass is 322 g/mol. The fraction of sp³-hybridized carbons (Fsp3) is 0.562. The van der Waals surface area contributed by atoms with Crippen molar-refractivity contribution in [1.82, 2.24) is 10.2 Å². The molecular weight excluding hydrogens is 300 g/mol. The summed E-state index contributed by atoms with van der Waals surface area (Å²) < 4.78 is 5.06. The van der Waals surface area contributed by atoms with Gasteiger partial charge in [0.15, 0.2) is 5.76 Å². The fourth-order valence-electron chi connectivity index (χ4n) is 2.71. The molecule has 1 aromatic rings. The van der Waals surface area contributed by atoms with Crippen molar-refractivity contribution in [2.45, 2.75) is 32.6 Å². The topological polar surface area (TPSA) is 99.9 Å². The SMILES string of the molecule is CCCC(=O)NCC1CCCN(C(=O)c2ccc(C(=O)O)o2)C1. The van der Waals surface area contributed by atoms with Gasteiger partial charge in [-0.15, -0.1) is 0 Å². The van der Waals surface area contributed by atoms with Gasteiger partial charge >= 0.3 is 5.97 Å². The molecule has 1 fully saturated rings. The van der Waals surface area contributed by atoms with Crippen LogP contribution in [-0.4, -0.2) is 47.4 Å². The molecule has 2 rings (SSSR count). The van der Waals surface area contributed by atoms with E-state index in [2.05, 4.69) is 5.32 Å². The average molecular weight is 322 g/mol. The first kappa shape index (κ1) is 17.1. The lowest BCUT2D eigenvalue weighted by Crippen LogP contribution is -2.43. The molecule has 2 N–H and O–H groups in total. The minimum absolute atomic E-state index is 0.0353. The van der Waals surface area contributed by atoms with Gasteiger partial charge in [-0.3, -0.25) is 9.59 Å². The largest absolute Gasteiger partial charge is 0.475 e. The molecule has 2 amide bonds. The lowest BCUT2D eigenvalue weighted by Gasteiger charge is -2.32. The molecule has 0 aliphatic carbocycles. The van der Waals surface area contributed by atoms with Crippen molar-refractivity contribution in [3.8, 4) is 0 Å². The first-order valence-electron chi connectivity index (χ1n) is 7.90. The van der Waals surface area contributed by atoms with Crippen LogP contribution < -0.4 is 5.32 Å². The van der Waals surface area contributed by atoms with Gasteiger partial charge < -0.3 is 19.7 Å². The summed E-state index contributed by atoms with van der Waals surface area (Å²) in [5.41, 5.74) is 0. The van der Waals surface area contributed by atoms with Gasteiger partial charge in [0, 0.05) is 26.1 Å². The van der Waals surface area contributed by atoms with Crippen LogP contribution in [0, 0.1) is 5.92 Å². The van der Waals surface area contributed by atoms with Crippen LogP contribution in [0.1, 0.15) is 53.7 Å². The van der Waals surface area contributed by atoms with E-state index in [0.717, 1.165) is 19.3 Å². The fourth-order valence-corrected chi connectivity index (χ4v) is 2.71. The molecule has 1 saturated heterocycles. The highest BCUT2D eigenvalue weighted by Gasteiger charge is 2.27. The lowest BCUT2D eigenvalue weighted by molar-refractivity contribution is -0.121. The zero-order valence-corrected chi connectivity index (χ0v) is 13.2. The highest BCUT2D eigenvalue weighted by Crippen LogP contribution is 2.19. The van der Waals surface area contributed by atoms with Crippen LogP contribution >= 0.6 is 0 Å². The van der Waals surface area contributed by atoms with Crippen molar-refractivity contribution in [3.63, 3.8) is 0 Å². The number of hydrogen-bond donors (Lipinski definition) is 2. The number of nitrogens with one attached hydrogen (secondary N) is 1. The summed E-state index contributed by atoms with van der Waals surface area (Å²) >= 11 is 0. The van der Waals surface area contributed by atoms with E-state index in [-0.39, 0.29) is 29.3 Å². The zero-order chi connectivity index (χ0) is 16.8. The van der Waals surface area contributed by atoms with Crippen LogP contribution in [0.5, 0.6) is 0 Å². The summed E-state index contributed by atoms with van der Waals surface area (Å²) in [5, 5.41) is 11.7. The average Bonchev–Trinajstić information content (AvgIpc) is 3.03. The highest BCUT2D eigenvalue weighted by molar-refractivity contribution is 5.93. The quantitative estimate of drug-likeness (QED) is 0.831. The predicted molar refractivity (Wildman–Crippen MR) is 82.2 cm³/mol. The van der Waals surface area contributed by atoms with Crippen molar-refractivity contribution >= 4 is 17.8 Å². The van der Waals surface area contributed by atoms with Crippen molar-refractivity contribution in [2.75, 3.05) is 19.6 Å². The molecule has 0 saturated carbocycles. The van der Waals surface area contributed by atoms with Gasteiger partial charge in [0.05, 0.1) is 0 Å². The molecule has 7 heteroatoms. The second-order valence-electron chi connectivity index (χ2n) is 5.78. The first-order valence-corrected chi connectivity index (χ1v) is 7.90. The predicted octanol–water partition coefficient (Wildman–Crippen LogP) is 1.75. The Bertz CT molecular complexity index is 581. The second-order valence-corrected chi connectivity index (χ2v) is 5.78. The smallest absolute Gasteiger partial charge is 0.371 e. The molecule has 7 nitrogen and oxygen atoms in total. The normalized spacial score (nSPS) is 17.8. The Hall–Kier alpha value is -2.31. The Morgan fingerprint density at radius 1 is 1.35 bits per heavy atom. The summed E-state index contributed by atoms with van der Waals surface area (Å²) in [6, 6.07) is 2.67. The molecule has 2 heterocycles. The summed E-state index contributed by atoms with van der Waals surface area (Å²) in [7, 11) is 0. The number of amides is 2. The zero-order valence-electron chi connectivity index (χ0n) is 13.2. The van der Waals surface area contributed by atoms with Crippen LogP contribution in [0.2, 0.25) is 0 Å². The highest BCUT2D eigenvalue weighted by atomic mass is 16.4.